The SMILES string of the molecule is N#Cc1ccc2nc(NCCCc3ccccc3)[nH]c2c1. The van der Waals surface area contributed by atoms with Crippen LogP contribution in [0.3, 0.4) is 0 Å². The highest BCUT2D eigenvalue weighted by atomic mass is 15.1. The lowest BCUT2D eigenvalue weighted by molar-refractivity contribution is 0.856. The molecular formula is C17H16N4. The van der Waals surface area contributed by atoms with Crippen molar-refractivity contribution in [1.29, 1.82) is 5.26 Å². The van der Waals surface area contributed by atoms with Crippen LogP contribution in [-0.4, -0.2) is 16.5 Å². The zero-order valence-electron chi connectivity index (χ0n) is 11.6. The molecule has 3 aromatic rings. The van der Waals surface area contributed by atoms with Gasteiger partial charge in [-0.2, -0.15) is 5.26 Å². The highest BCUT2D eigenvalue weighted by Gasteiger charge is 2.03. The number of nitrogens with one attached hydrogen (secondary N) is 2. The van der Waals surface area contributed by atoms with Crippen molar-refractivity contribution < 1.29 is 0 Å². The molecule has 2 aromatic carbocycles. The Labute approximate surface area is 123 Å². The molecule has 0 aliphatic carbocycles. The van der Waals surface area contributed by atoms with E-state index in [4.69, 9.17) is 5.26 Å². The van der Waals surface area contributed by atoms with E-state index < -0.39 is 0 Å². The molecule has 0 aliphatic rings. The van der Waals surface area contributed by atoms with Gasteiger partial charge in [-0.1, -0.05) is 30.3 Å². The summed E-state index contributed by atoms with van der Waals surface area (Å²) < 4.78 is 0. The van der Waals surface area contributed by atoms with E-state index in [9.17, 15) is 0 Å². The summed E-state index contributed by atoms with van der Waals surface area (Å²) in [6.45, 7) is 0.861. The largest absolute Gasteiger partial charge is 0.356 e. The molecule has 4 heteroatoms. The Morgan fingerprint density at radius 2 is 2.00 bits per heavy atom. The van der Waals surface area contributed by atoms with Gasteiger partial charge in [0.05, 0.1) is 22.7 Å². The summed E-state index contributed by atoms with van der Waals surface area (Å²) in [4.78, 5) is 7.65. The summed E-state index contributed by atoms with van der Waals surface area (Å²) >= 11 is 0. The molecule has 104 valence electrons. The number of H-pyrrole nitrogens is 1. The van der Waals surface area contributed by atoms with Crippen LogP contribution < -0.4 is 5.32 Å². The van der Waals surface area contributed by atoms with Crippen molar-refractivity contribution in [1.82, 2.24) is 9.97 Å². The Kier molecular flexibility index (Phi) is 3.83. The molecule has 0 fully saturated rings. The number of benzene rings is 2. The number of hydrogen-bond donors (Lipinski definition) is 2. The Hall–Kier alpha value is -2.80. The Bertz CT molecular complexity index is 768. The van der Waals surface area contributed by atoms with Crippen LogP contribution in [0.2, 0.25) is 0 Å². The summed E-state index contributed by atoms with van der Waals surface area (Å²) in [7, 11) is 0. The summed E-state index contributed by atoms with van der Waals surface area (Å²) in [6.07, 6.45) is 2.09. The van der Waals surface area contributed by atoms with E-state index in [0.717, 1.165) is 36.4 Å². The minimum absolute atomic E-state index is 0.641. The number of anilines is 1. The molecule has 0 radical (unpaired) electrons. The van der Waals surface area contributed by atoms with Crippen molar-refractivity contribution in [3.05, 3.63) is 59.7 Å². The second-order valence-electron chi connectivity index (χ2n) is 4.95. The highest BCUT2D eigenvalue weighted by molar-refractivity contribution is 5.78. The second kappa shape index (κ2) is 6.10. The average Bonchev–Trinajstić information content (AvgIpc) is 2.94. The monoisotopic (exact) mass is 276 g/mol. The van der Waals surface area contributed by atoms with Crippen molar-refractivity contribution in [3.63, 3.8) is 0 Å². The molecule has 4 nitrogen and oxygen atoms in total. The van der Waals surface area contributed by atoms with E-state index >= 15 is 0 Å². The number of hydrogen-bond acceptors (Lipinski definition) is 3. The quantitative estimate of drug-likeness (QED) is 0.701. The van der Waals surface area contributed by atoms with E-state index in [-0.39, 0.29) is 0 Å². The molecule has 0 amide bonds. The van der Waals surface area contributed by atoms with Gasteiger partial charge in [0.1, 0.15) is 0 Å². The number of aromatic amines is 1. The molecule has 1 heterocycles. The first-order valence-electron chi connectivity index (χ1n) is 7.03. The first kappa shape index (κ1) is 13.2. The van der Waals surface area contributed by atoms with E-state index in [2.05, 4.69) is 45.6 Å². The molecule has 1 aromatic heterocycles. The average molecular weight is 276 g/mol. The summed E-state index contributed by atoms with van der Waals surface area (Å²) in [5.74, 6) is 0.758. The number of rotatable bonds is 5. The van der Waals surface area contributed by atoms with Crippen molar-refractivity contribution in [2.24, 2.45) is 0 Å². The van der Waals surface area contributed by atoms with Gasteiger partial charge in [-0.25, -0.2) is 4.98 Å². The first-order valence-corrected chi connectivity index (χ1v) is 7.03. The predicted molar refractivity (Wildman–Crippen MR) is 84.1 cm³/mol. The lowest BCUT2D eigenvalue weighted by Crippen LogP contribution is -2.04. The number of aromatic nitrogens is 2. The maximum Gasteiger partial charge on any atom is 0.201 e. The molecule has 2 N–H and O–H groups in total. The maximum atomic E-state index is 8.89. The van der Waals surface area contributed by atoms with Crippen molar-refractivity contribution in [2.45, 2.75) is 12.8 Å². The minimum Gasteiger partial charge on any atom is -0.356 e. The van der Waals surface area contributed by atoms with Crippen LogP contribution in [0, 0.1) is 11.3 Å². The van der Waals surface area contributed by atoms with Gasteiger partial charge in [-0.15, -0.1) is 0 Å². The predicted octanol–water partition coefficient (Wildman–Crippen LogP) is 3.48. The molecule has 0 spiro atoms. The van der Waals surface area contributed by atoms with Gasteiger partial charge in [0.2, 0.25) is 5.95 Å². The van der Waals surface area contributed by atoms with Crippen LogP contribution in [0.15, 0.2) is 48.5 Å². The van der Waals surface area contributed by atoms with Gasteiger partial charge in [-0.3, -0.25) is 0 Å². The number of fused-ring (bicyclic) bond motifs is 1. The van der Waals surface area contributed by atoms with E-state index in [1.165, 1.54) is 5.56 Å². The Balaban J connectivity index is 1.57. The van der Waals surface area contributed by atoms with E-state index in [1.807, 2.05) is 18.2 Å². The smallest absolute Gasteiger partial charge is 0.201 e. The number of nitriles is 1. The molecule has 0 aliphatic heterocycles. The van der Waals surface area contributed by atoms with E-state index in [1.54, 1.807) is 6.07 Å². The van der Waals surface area contributed by atoms with Crippen molar-refractivity contribution in [2.75, 3.05) is 11.9 Å². The molecule has 0 bridgehead atoms. The normalized spacial score (nSPS) is 10.4. The molecule has 21 heavy (non-hydrogen) atoms. The van der Waals surface area contributed by atoms with Gasteiger partial charge in [-0.05, 0) is 36.6 Å². The van der Waals surface area contributed by atoms with Gasteiger partial charge < -0.3 is 10.3 Å². The van der Waals surface area contributed by atoms with Crippen LogP contribution in [-0.2, 0) is 6.42 Å². The van der Waals surface area contributed by atoms with Gasteiger partial charge >= 0.3 is 0 Å². The van der Waals surface area contributed by atoms with Gasteiger partial charge in [0.15, 0.2) is 0 Å². The molecule has 0 saturated heterocycles. The van der Waals surface area contributed by atoms with Crippen molar-refractivity contribution in [3.8, 4) is 6.07 Å². The fourth-order valence-corrected chi connectivity index (χ4v) is 2.31. The second-order valence-corrected chi connectivity index (χ2v) is 4.95. The summed E-state index contributed by atoms with van der Waals surface area (Å²) in [6, 6.07) is 18.0. The standard InChI is InChI=1S/C17H16N4/c18-12-14-8-9-15-16(11-14)21-17(20-15)19-10-4-7-13-5-2-1-3-6-13/h1-3,5-6,8-9,11H,4,7,10H2,(H2,19,20,21). The van der Waals surface area contributed by atoms with Crippen LogP contribution in [0.5, 0.6) is 0 Å². The third kappa shape index (κ3) is 3.21. The van der Waals surface area contributed by atoms with Crippen LogP contribution in [0.1, 0.15) is 17.5 Å². The molecule has 0 unspecified atom stereocenters. The fraction of sp³-hybridized carbons (Fsp3) is 0.176. The first-order chi connectivity index (χ1) is 10.3. The number of nitrogens with zero attached hydrogens (tertiary/aromatic N) is 2. The van der Waals surface area contributed by atoms with Gasteiger partial charge in [0.25, 0.3) is 0 Å². The minimum atomic E-state index is 0.641. The molecule has 0 saturated carbocycles. The Morgan fingerprint density at radius 3 is 2.81 bits per heavy atom. The fourth-order valence-electron chi connectivity index (χ4n) is 2.31. The lowest BCUT2D eigenvalue weighted by Gasteiger charge is -2.02. The van der Waals surface area contributed by atoms with Crippen LogP contribution in [0.25, 0.3) is 11.0 Å². The molecular weight excluding hydrogens is 260 g/mol. The zero-order valence-corrected chi connectivity index (χ0v) is 11.6. The number of aryl methyl sites for hydroxylation is 1. The maximum absolute atomic E-state index is 8.89. The van der Waals surface area contributed by atoms with E-state index in [0.29, 0.717) is 5.56 Å². The summed E-state index contributed by atoms with van der Waals surface area (Å²) in [5, 5.41) is 12.2. The molecule has 3 rings (SSSR count). The third-order valence-corrected chi connectivity index (χ3v) is 3.39. The topological polar surface area (TPSA) is 64.5 Å². The lowest BCUT2D eigenvalue weighted by atomic mass is 10.1. The van der Waals surface area contributed by atoms with Gasteiger partial charge in [0, 0.05) is 6.54 Å². The number of imidazole rings is 1. The zero-order chi connectivity index (χ0) is 14.5. The highest BCUT2D eigenvalue weighted by Crippen LogP contribution is 2.15. The summed E-state index contributed by atoms with van der Waals surface area (Å²) in [5.41, 5.74) is 3.75. The van der Waals surface area contributed by atoms with Crippen LogP contribution >= 0.6 is 0 Å². The Morgan fingerprint density at radius 1 is 1.14 bits per heavy atom. The third-order valence-electron chi connectivity index (χ3n) is 3.39. The van der Waals surface area contributed by atoms with Crippen LogP contribution in [0.4, 0.5) is 5.95 Å². The van der Waals surface area contributed by atoms with Crippen molar-refractivity contribution >= 4 is 17.0 Å². The molecule has 0 atom stereocenters.